The summed E-state index contributed by atoms with van der Waals surface area (Å²) in [6, 6.07) is -41.0. The molecule has 11 aromatic rings. The smallest absolute Gasteiger partial charge is 0.136 e. The van der Waals surface area contributed by atoms with Crippen molar-refractivity contribution in [2.75, 3.05) is 14.7 Å². The van der Waals surface area contributed by atoms with E-state index in [9.17, 15) is 26.0 Å². The molecule has 0 radical (unpaired) electrons. The maximum atomic E-state index is 10.4. The van der Waals surface area contributed by atoms with Crippen molar-refractivity contribution in [3.05, 3.63) is 236 Å². The maximum Gasteiger partial charge on any atom is 0.136 e. The van der Waals surface area contributed by atoms with Crippen LogP contribution in [0.1, 0.15) is 50.7 Å². The van der Waals surface area contributed by atoms with Gasteiger partial charge in [-0.15, -0.1) is 0 Å². The summed E-state index contributed by atoms with van der Waals surface area (Å²) < 4.78 is 345. The lowest BCUT2D eigenvalue weighted by molar-refractivity contribution is 0.669. The second kappa shape index (κ2) is 15.0. The average molecular weight is 807 g/mol. The van der Waals surface area contributed by atoms with Crippen molar-refractivity contribution in [2.45, 2.75) is 0 Å². The first-order valence-corrected chi connectivity index (χ1v) is 17.3. The summed E-state index contributed by atoms with van der Waals surface area (Å²) in [4.78, 5) is 0.769. The van der Waals surface area contributed by atoms with Crippen molar-refractivity contribution in [2.24, 2.45) is 0 Å². The van der Waals surface area contributed by atoms with Crippen LogP contribution in [0.25, 0.3) is 43.5 Å². The van der Waals surface area contributed by atoms with Gasteiger partial charge >= 0.3 is 0 Å². The van der Waals surface area contributed by atoms with Crippen molar-refractivity contribution < 1.29 is 55.1 Å². The second-order valence-corrected chi connectivity index (χ2v) is 12.1. The largest absolute Gasteiger partial charge is 0.456 e. The van der Waals surface area contributed by atoms with E-state index in [-0.39, 0.29) is 9.80 Å². The Kier molecular flexibility index (Phi) is 3.44. The standard InChI is InChI=1S/C56H39N3O/c1-5-17-42(18-6-1)57(43-19-7-2-8-20-43)46-25-15-26-47(36-46)58(44-21-9-3-10-22-44)48-27-16-28-49(37-48)59(45-23-11-4-12-24-45)50-34-33-40-31-32-41-35-56-54(39-53(41)52(40)38-50)51-29-13-14-30-55(51)60-56/h1-39H/i1D,2D,3D,4D,5D,6D,7D,9D,11D,12D,13D,14D,15D,16D,17D,18D,19D,20D,21D,22D,23D,24D,25D,26D,27D,28D,29D,30D,31D,32D,33D,34D,35D,36D,37D,38D,39D. The minimum Gasteiger partial charge on any atom is -0.456 e. The van der Waals surface area contributed by atoms with Gasteiger partial charge in [0.15, 0.2) is 0 Å². The molecule has 1 heterocycles. The Bertz CT molecular complexity index is 5420. The van der Waals surface area contributed by atoms with Gasteiger partial charge in [-0.3, -0.25) is 0 Å². The molecule has 0 atom stereocenters. The predicted octanol–water partition coefficient (Wildman–Crippen LogP) is 16.3. The zero-order valence-electron chi connectivity index (χ0n) is 66.9. The molecule has 0 bridgehead atoms. The number of furan rings is 1. The minimum atomic E-state index is -1.55. The molecule has 284 valence electrons. The summed E-state index contributed by atoms with van der Waals surface area (Å²) in [7, 11) is 0. The molecule has 0 amide bonds. The topological polar surface area (TPSA) is 22.9 Å². The first-order chi connectivity index (χ1) is 45.1. The van der Waals surface area contributed by atoms with Gasteiger partial charge in [-0.25, -0.2) is 0 Å². The fraction of sp³-hybridized carbons (Fsp3) is 0. The molecule has 0 aliphatic carbocycles. The molecule has 4 nitrogen and oxygen atoms in total. The Hall–Kier alpha value is -8.08. The number of para-hydroxylation sites is 5. The van der Waals surface area contributed by atoms with Crippen molar-refractivity contribution in [1.82, 2.24) is 0 Å². The highest BCUT2D eigenvalue weighted by Gasteiger charge is 2.20. The highest BCUT2D eigenvalue weighted by molar-refractivity contribution is 6.17. The van der Waals surface area contributed by atoms with Crippen LogP contribution < -0.4 is 14.7 Å². The lowest BCUT2D eigenvalue weighted by Gasteiger charge is -2.31. The minimum absolute atomic E-state index is 0.221. The molecule has 0 saturated carbocycles. The van der Waals surface area contributed by atoms with E-state index >= 15 is 0 Å². The zero-order chi connectivity index (χ0) is 72.0. The highest BCUT2D eigenvalue weighted by atomic mass is 16.3. The van der Waals surface area contributed by atoms with Crippen molar-refractivity contribution in [1.29, 1.82) is 0 Å². The monoisotopic (exact) mass is 807 g/mol. The van der Waals surface area contributed by atoms with Crippen LogP contribution in [-0.2, 0) is 0 Å². The molecule has 60 heavy (non-hydrogen) atoms. The summed E-state index contributed by atoms with van der Waals surface area (Å²) in [5, 5.41) is -4.17. The zero-order valence-corrected chi connectivity index (χ0v) is 29.9. The molecule has 0 aliphatic heterocycles. The van der Waals surface area contributed by atoms with Gasteiger partial charge in [0.2, 0.25) is 0 Å². The Morgan fingerprint density at radius 1 is 0.267 bits per heavy atom. The number of hydrogen-bond donors (Lipinski definition) is 0. The Morgan fingerprint density at radius 3 is 1.30 bits per heavy atom. The van der Waals surface area contributed by atoms with E-state index in [1.165, 1.54) is 0 Å². The molecular formula is C56H39N3O. The van der Waals surface area contributed by atoms with E-state index in [4.69, 9.17) is 29.1 Å². The van der Waals surface area contributed by atoms with Crippen LogP contribution >= 0.6 is 0 Å². The second-order valence-electron chi connectivity index (χ2n) is 12.1. The lowest BCUT2D eigenvalue weighted by atomic mass is 9.99. The van der Waals surface area contributed by atoms with E-state index in [0.717, 1.165) is 0 Å². The number of anilines is 9. The molecule has 0 fully saturated rings. The van der Waals surface area contributed by atoms with Gasteiger partial charge in [-0.1, -0.05) is 121 Å². The molecular weight excluding hydrogens is 731 g/mol. The summed E-state index contributed by atoms with van der Waals surface area (Å²) >= 11 is 0. The Balaban J connectivity index is 1.37. The number of fused-ring (bicyclic) bond motifs is 6. The van der Waals surface area contributed by atoms with Crippen molar-refractivity contribution in [3.8, 4) is 0 Å². The SMILES string of the molecule is [2H]c1cc([2H])c(N(c2c([2H])c([2H])c([2H])c([2H])c2[2H])c2c([2H])c([2H])c([2H])c(N(c3c([2H])cc([2H])c([2H])c3[2H])c3c([2H])c([2H])c([2H])c(N(c4c([2H])c([2H])c([2H])c([2H])c4[2H])c4c([2H])c([2H])c5c([2H])c([2H])c6c([2H])c7oc8c([2H])c([2H])c([2H])c([2H])c8c7c([2H])c6c5c4[2H])c3[2H])c2[2H])c([2H])c1[2H]. The van der Waals surface area contributed by atoms with Gasteiger partial charge < -0.3 is 19.1 Å². The molecule has 0 saturated heterocycles. The fourth-order valence-corrected chi connectivity index (χ4v) is 6.18. The van der Waals surface area contributed by atoms with Crippen LogP contribution in [0.4, 0.5) is 51.2 Å². The van der Waals surface area contributed by atoms with Crippen LogP contribution in [0.5, 0.6) is 0 Å². The third-order valence-electron chi connectivity index (χ3n) is 8.69. The molecule has 10 aromatic carbocycles. The molecule has 11 rings (SSSR count). The summed E-state index contributed by atoms with van der Waals surface area (Å²) in [6.07, 6.45) is 0. The van der Waals surface area contributed by atoms with E-state index in [1.54, 1.807) is 0 Å². The maximum absolute atomic E-state index is 10.4. The van der Waals surface area contributed by atoms with Gasteiger partial charge in [-0.05, 0) is 136 Å². The highest BCUT2D eigenvalue weighted by Crippen LogP contribution is 2.44. The number of benzene rings is 10. The van der Waals surface area contributed by atoms with Crippen molar-refractivity contribution in [3.63, 3.8) is 0 Å². The molecule has 0 N–H and O–H groups in total. The fourth-order valence-electron chi connectivity index (χ4n) is 6.18. The first-order valence-electron chi connectivity index (χ1n) is 35.8. The third kappa shape index (κ3) is 6.37. The van der Waals surface area contributed by atoms with Gasteiger partial charge in [0.1, 0.15) is 11.2 Å². The van der Waals surface area contributed by atoms with Gasteiger partial charge in [0.25, 0.3) is 0 Å². The normalized spacial score (nSPS) is 20.0. The third-order valence-corrected chi connectivity index (χ3v) is 8.69. The molecule has 0 unspecified atom stereocenters. The average Bonchev–Trinajstić information content (AvgIpc) is 1.68. The van der Waals surface area contributed by atoms with Crippen molar-refractivity contribution >= 4 is 94.7 Å². The van der Waals surface area contributed by atoms with Gasteiger partial charge in [0.05, 0.1) is 50.7 Å². The van der Waals surface area contributed by atoms with E-state index in [2.05, 4.69) is 0 Å². The summed E-state index contributed by atoms with van der Waals surface area (Å²) in [6.45, 7) is 0. The van der Waals surface area contributed by atoms with Gasteiger partial charge in [-0.2, -0.15) is 0 Å². The molecule has 0 aliphatic rings. The first kappa shape index (κ1) is 13.8. The van der Waals surface area contributed by atoms with Crippen LogP contribution in [0.15, 0.2) is 240 Å². The molecule has 0 spiro atoms. The van der Waals surface area contributed by atoms with Crippen LogP contribution in [-0.4, -0.2) is 0 Å². The lowest BCUT2D eigenvalue weighted by Crippen LogP contribution is -2.14. The Labute approximate surface area is 401 Å². The van der Waals surface area contributed by atoms with E-state index in [0.29, 0.717) is 17.0 Å². The Morgan fingerprint density at radius 2 is 0.700 bits per heavy atom. The van der Waals surface area contributed by atoms with Crippen LogP contribution in [0.2, 0.25) is 0 Å². The molecule has 4 heteroatoms. The van der Waals surface area contributed by atoms with Crippen LogP contribution in [0.3, 0.4) is 0 Å². The number of nitrogens with zero attached hydrogens (tertiary/aromatic N) is 3. The number of hydrogen-bond acceptors (Lipinski definition) is 4. The van der Waals surface area contributed by atoms with E-state index in [1.807, 2.05) is 0 Å². The quantitative estimate of drug-likeness (QED) is 0.136. The summed E-state index contributed by atoms with van der Waals surface area (Å²) in [5.41, 5.74) is -12.4. The van der Waals surface area contributed by atoms with Gasteiger partial charge in [0, 0.05) is 62.0 Å². The van der Waals surface area contributed by atoms with Crippen LogP contribution in [0, 0.1) is 0 Å². The molecule has 1 aromatic heterocycles. The number of rotatable bonds is 9. The summed E-state index contributed by atoms with van der Waals surface area (Å²) in [5.74, 6) is 0. The van der Waals surface area contributed by atoms with E-state index < -0.39 is 318 Å². The predicted molar refractivity (Wildman–Crippen MR) is 253 cm³/mol.